The van der Waals surface area contributed by atoms with Crippen LogP contribution in [0.15, 0.2) is 41.5 Å². The second kappa shape index (κ2) is 4.92. The van der Waals surface area contributed by atoms with Crippen molar-refractivity contribution in [2.24, 2.45) is 0 Å². The van der Waals surface area contributed by atoms with Crippen LogP contribution in [0, 0.1) is 6.92 Å². The first-order valence-corrected chi connectivity index (χ1v) is 6.72. The number of hydrogen-bond donors (Lipinski definition) is 0. The van der Waals surface area contributed by atoms with E-state index in [1.165, 1.54) is 0 Å². The highest BCUT2D eigenvalue weighted by molar-refractivity contribution is 5.77. The van der Waals surface area contributed by atoms with Crippen LogP contribution in [0.1, 0.15) is 19.2 Å². The smallest absolute Gasteiger partial charge is 0.294 e. The molecule has 0 amide bonds. The molecule has 5 nitrogen and oxygen atoms in total. The summed E-state index contributed by atoms with van der Waals surface area (Å²) in [6.45, 7) is 4.63. The lowest BCUT2D eigenvalue weighted by molar-refractivity contribution is 0.642. The molecule has 2 aromatic heterocycles. The zero-order chi connectivity index (χ0) is 14.1. The summed E-state index contributed by atoms with van der Waals surface area (Å²) in [6.07, 6.45) is 4.30. The van der Waals surface area contributed by atoms with Gasteiger partial charge in [-0.05, 0) is 25.5 Å². The number of aryl methyl sites for hydroxylation is 2. The number of benzene rings is 1. The monoisotopic (exact) mass is 268 g/mol. The molecular formula is C15H16N4O. The lowest BCUT2D eigenvalue weighted by Crippen LogP contribution is -2.25. The standard InChI is InChI=1S/C15H16N4O/c1-3-9-18-10-8-16-14(15(18)20)19-11(2)17-12-6-4-5-7-13(12)19/h4-8,10H,3,9H2,1-2H3. The third-order valence-electron chi connectivity index (χ3n) is 3.30. The van der Waals surface area contributed by atoms with Gasteiger partial charge in [-0.25, -0.2) is 9.97 Å². The van der Waals surface area contributed by atoms with E-state index in [2.05, 4.69) is 9.97 Å². The van der Waals surface area contributed by atoms with E-state index in [0.717, 1.165) is 23.3 Å². The Labute approximate surface area is 116 Å². The Morgan fingerprint density at radius 1 is 1.25 bits per heavy atom. The van der Waals surface area contributed by atoms with Crippen LogP contribution in [0.5, 0.6) is 0 Å². The maximum atomic E-state index is 12.5. The van der Waals surface area contributed by atoms with Crippen LogP contribution >= 0.6 is 0 Å². The van der Waals surface area contributed by atoms with E-state index in [1.54, 1.807) is 17.0 Å². The SMILES string of the molecule is CCCn1ccnc(-n2c(C)nc3ccccc32)c1=O. The van der Waals surface area contributed by atoms with Crippen LogP contribution in [0.25, 0.3) is 16.9 Å². The first-order valence-electron chi connectivity index (χ1n) is 6.72. The summed E-state index contributed by atoms with van der Waals surface area (Å²) in [4.78, 5) is 21.3. The van der Waals surface area contributed by atoms with E-state index in [1.807, 2.05) is 42.7 Å². The van der Waals surface area contributed by atoms with Crippen LogP contribution in [0.2, 0.25) is 0 Å². The number of rotatable bonds is 3. The van der Waals surface area contributed by atoms with Crippen molar-refractivity contribution < 1.29 is 0 Å². The van der Waals surface area contributed by atoms with Crippen molar-refractivity contribution in [3.63, 3.8) is 0 Å². The first kappa shape index (κ1) is 12.6. The third-order valence-corrected chi connectivity index (χ3v) is 3.30. The lowest BCUT2D eigenvalue weighted by atomic mass is 10.3. The van der Waals surface area contributed by atoms with Crippen molar-refractivity contribution in [3.05, 3.63) is 52.8 Å². The zero-order valence-electron chi connectivity index (χ0n) is 11.6. The van der Waals surface area contributed by atoms with Crippen molar-refractivity contribution in [1.29, 1.82) is 0 Å². The molecule has 0 spiro atoms. The Bertz CT molecular complexity index is 816. The number of hydrogen-bond acceptors (Lipinski definition) is 3. The van der Waals surface area contributed by atoms with Crippen LogP contribution in [-0.4, -0.2) is 19.1 Å². The fourth-order valence-electron chi connectivity index (χ4n) is 2.42. The molecule has 102 valence electrons. The molecule has 0 radical (unpaired) electrons. The van der Waals surface area contributed by atoms with Crippen molar-refractivity contribution in [2.75, 3.05) is 0 Å². The predicted molar refractivity (Wildman–Crippen MR) is 78.2 cm³/mol. The molecule has 3 aromatic rings. The maximum absolute atomic E-state index is 12.5. The highest BCUT2D eigenvalue weighted by Crippen LogP contribution is 2.17. The van der Waals surface area contributed by atoms with Crippen LogP contribution in [-0.2, 0) is 6.54 Å². The summed E-state index contributed by atoms with van der Waals surface area (Å²) < 4.78 is 3.51. The van der Waals surface area contributed by atoms with Crippen molar-refractivity contribution in [1.82, 2.24) is 19.1 Å². The molecule has 0 bridgehead atoms. The molecule has 1 aromatic carbocycles. The molecule has 3 rings (SSSR count). The van der Waals surface area contributed by atoms with Crippen LogP contribution < -0.4 is 5.56 Å². The first-order chi connectivity index (χ1) is 9.72. The molecule has 0 aliphatic carbocycles. The van der Waals surface area contributed by atoms with Crippen molar-refractivity contribution in [2.45, 2.75) is 26.8 Å². The maximum Gasteiger partial charge on any atom is 0.294 e. The Balaban J connectivity index is 2.29. The molecule has 2 heterocycles. The average molecular weight is 268 g/mol. The topological polar surface area (TPSA) is 52.7 Å². The molecule has 0 aliphatic rings. The molecule has 0 saturated heterocycles. The molecule has 0 atom stereocenters. The Hall–Kier alpha value is -2.43. The van der Waals surface area contributed by atoms with E-state index >= 15 is 0 Å². The molecule has 0 fully saturated rings. The molecule has 0 unspecified atom stereocenters. The van der Waals surface area contributed by atoms with Gasteiger partial charge in [-0.2, -0.15) is 0 Å². The Kier molecular flexibility index (Phi) is 3.10. The zero-order valence-corrected chi connectivity index (χ0v) is 11.6. The number of imidazole rings is 1. The second-order valence-corrected chi connectivity index (χ2v) is 4.73. The largest absolute Gasteiger partial charge is 0.311 e. The number of fused-ring (bicyclic) bond motifs is 1. The summed E-state index contributed by atoms with van der Waals surface area (Å²) in [5.74, 6) is 1.18. The van der Waals surface area contributed by atoms with Gasteiger partial charge in [0.05, 0.1) is 11.0 Å². The molecule has 20 heavy (non-hydrogen) atoms. The van der Waals surface area contributed by atoms with Gasteiger partial charge in [0.1, 0.15) is 5.82 Å². The van der Waals surface area contributed by atoms with Gasteiger partial charge in [-0.1, -0.05) is 19.1 Å². The minimum Gasteiger partial charge on any atom is -0.311 e. The minimum atomic E-state index is -0.0828. The van der Waals surface area contributed by atoms with E-state index in [-0.39, 0.29) is 5.56 Å². The van der Waals surface area contributed by atoms with E-state index in [4.69, 9.17) is 0 Å². The Morgan fingerprint density at radius 2 is 2.05 bits per heavy atom. The number of aromatic nitrogens is 4. The van der Waals surface area contributed by atoms with Gasteiger partial charge in [0.25, 0.3) is 5.56 Å². The van der Waals surface area contributed by atoms with Gasteiger partial charge in [0.15, 0.2) is 0 Å². The summed E-state index contributed by atoms with van der Waals surface area (Å²) in [6, 6.07) is 7.76. The highest BCUT2D eigenvalue weighted by atomic mass is 16.1. The second-order valence-electron chi connectivity index (χ2n) is 4.73. The fourth-order valence-corrected chi connectivity index (χ4v) is 2.42. The van der Waals surface area contributed by atoms with E-state index in [9.17, 15) is 4.79 Å². The molecule has 5 heteroatoms. The fraction of sp³-hybridized carbons (Fsp3) is 0.267. The molecular weight excluding hydrogens is 252 g/mol. The number of para-hydroxylation sites is 2. The number of nitrogens with zero attached hydrogens (tertiary/aromatic N) is 4. The molecule has 0 saturated carbocycles. The Morgan fingerprint density at radius 3 is 2.85 bits per heavy atom. The predicted octanol–water partition coefficient (Wildman–Crippen LogP) is 2.30. The van der Waals surface area contributed by atoms with Gasteiger partial charge in [-0.3, -0.25) is 9.36 Å². The van der Waals surface area contributed by atoms with Gasteiger partial charge in [-0.15, -0.1) is 0 Å². The van der Waals surface area contributed by atoms with Crippen LogP contribution in [0.3, 0.4) is 0 Å². The summed E-state index contributed by atoms with van der Waals surface area (Å²) in [5.41, 5.74) is 1.70. The van der Waals surface area contributed by atoms with Crippen molar-refractivity contribution >= 4 is 11.0 Å². The van der Waals surface area contributed by atoms with E-state index in [0.29, 0.717) is 12.4 Å². The van der Waals surface area contributed by atoms with E-state index < -0.39 is 0 Å². The quantitative estimate of drug-likeness (QED) is 0.732. The van der Waals surface area contributed by atoms with Gasteiger partial charge < -0.3 is 4.57 Å². The molecule has 0 aliphatic heterocycles. The lowest BCUT2D eigenvalue weighted by Gasteiger charge is -2.08. The normalized spacial score (nSPS) is 11.1. The van der Waals surface area contributed by atoms with Crippen LogP contribution in [0.4, 0.5) is 0 Å². The molecule has 0 N–H and O–H groups in total. The third kappa shape index (κ3) is 1.91. The summed E-state index contributed by atoms with van der Waals surface area (Å²) >= 11 is 0. The summed E-state index contributed by atoms with van der Waals surface area (Å²) in [5, 5.41) is 0. The highest BCUT2D eigenvalue weighted by Gasteiger charge is 2.13. The van der Waals surface area contributed by atoms with Crippen molar-refractivity contribution in [3.8, 4) is 5.82 Å². The van der Waals surface area contributed by atoms with Gasteiger partial charge in [0.2, 0.25) is 5.82 Å². The minimum absolute atomic E-state index is 0.0828. The average Bonchev–Trinajstić information content (AvgIpc) is 2.77. The summed E-state index contributed by atoms with van der Waals surface area (Å²) in [7, 11) is 0. The van der Waals surface area contributed by atoms with Gasteiger partial charge >= 0.3 is 0 Å². The van der Waals surface area contributed by atoms with Gasteiger partial charge in [0, 0.05) is 18.9 Å².